The SMILES string of the molecule is CCCCCCCCCCCCCCCCC(=O)OC[C@@H](COC(=O)CCCCCCCCCCCCCCC(C)C)OC(=O)CCCCCCC. The summed E-state index contributed by atoms with van der Waals surface area (Å²) in [6, 6.07) is 0. The molecular weight excluding hydrogens is 649 g/mol. The number of carbonyl (C=O) groups excluding carboxylic acids is 3. The molecule has 0 N–H and O–H groups in total. The number of rotatable bonds is 41. The molecule has 0 unspecified atom stereocenters. The van der Waals surface area contributed by atoms with E-state index >= 15 is 0 Å². The molecule has 0 fully saturated rings. The normalized spacial score (nSPS) is 11.9. The third kappa shape index (κ3) is 39.6. The quantitative estimate of drug-likeness (QED) is 0.0353. The third-order valence-electron chi connectivity index (χ3n) is 10.3. The van der Waals surface area contributed by atoms with Crippen LogP contribution >= 0.6 is 0 Å². The zero-order chi connectivity index (χ0) is 38.2. The van der Waals surface area contributed by atoms with Gasteiger partial charge in [0, 0.05) is 19.3 Å². The predicted molar refractivity (Wildman–Crippen MR) is 220 cm³/mol. The first kappa shape index (κ1) is 50.4. The molecule has 0 saturated heterocycles. The summed E-state index contributed by atoms with van der Waals surface area (Å²) < 4.78 is 16.6. The molecule has 6 nitrogen and oxygen atoms in total. The molecule has 0 amide bonds. The fraction of sp³-hybridized carbons (Fsp3) is 0.935. The van der Waals surface area contributed by atoms with Crippen LogP contribution in [0.2, 0.25) is 0 Å². The minimum Gasteiger partial charge on any atom is -0.462 e. The second kappa shape index (κ2) is 40.6. The molecule has 0 radical (unpaired) electrons. The van der Waals surface area contributed by atoms with Gasteiger partial charge in [-0.05, 0) is 25.2 Å². The van der Waals surface area contributed by atoms with Crippen molar-refractivity contribution in [3.8, 4) is 0 Å². The molecule has 1 atom stereocenters. The minimum absolute atomic E-state index is 0.0651. The van der Waals surface area contributed by atoms with E-state index in [-0.39, 0.29) is 31.1 Å². The molecule has 0 spiro atoms. The third-order valence-corrected chi connectivity index (χ3v) is 10.3. The lowest BCUT2D eigenvalue weighted by molar-refractivity contribution is -0.167. The van der Waals surface area contributed by atoms with Gasteiger partial charge in [-0.1, -0.05) is 214 Å². The summed E-state index contributed by atoms with van der Waals surface area (Å²) >= 11 is 0. The Bertz CT molecular complexity index is 781. The van der Waals surface area contributed by atoms with Crippen LogP contribution in [0.15, 0.2) is 0 Å². The van der Waals surface area contributed by atoms with Crippen LogP contribution in [0.25, 0.3) is 0 Å². The maximum absolute atomic E-state index is 12.5. The van der Waals surface area contributed by atoms with Crippen LogP contribution in [0.4, 0.5) is 0 Å². The predicted octanol–water partition coefficient (Wildman–Crippen LogP) is 14.3. The lowest BCUT2D eigenvalue weighted by Gasteiger charge is -2.18. The van der Waals surface area contributed by atoms with Gasteiger partial charge in [0.1, 0.15) is 13.2 Å². The van der Waals surface area contributed by atoms with Crippen LogP contribution in [0, 0.1) is 5.92 Å². The van der Waals surface area contributed by atoms with Gasteiger partial charge in [-0.3, -0.25) is 14.4 Å². The second-order valence-corrected chi connectivity index (χ2v) is 16.2. The monoisotopic (exact) mass is 737 g/mol. The fourth-order valence-corrected chi connectivity index (χ4v) is 6.80. The van der Waals surface area contributed by atoms with E-state index in [2.05, 4.69) is 27.7 Å². The van der Waals surface area contributed by atoms with Crippen LogP contribution in [0.3, 0.4) is 0 Å². The highest BCUT2D eigenvalue weighted by atomic mass is 16.6. The molecule has 52 heavy (non-hydrogen) atoms. The van der Waals surface area contributed by atoms with Crippen LogP contribution in [0.1, 0.15) is 252 Å². The van der Waals surface area contributed by atoms with Gasteiger partial charge in [0.25, 0.3) is 0 Å². The van der Waals surface area contributed by atoms with E-state index in [4.69, 9.17) is 14.2 Å². The summed E-state index contributed by atoms with van der Waals surface area (Å²) in [5.74, 6) is -0.0339. The molecule has 0 aromatic heterocycles. The van der Waals surface area contributed by atoms with Crippen molar-refractivity contribution >= 4 is 17.9 Å². The highest BCUT2D eigenvalue weighted by Gasteiger charge is 2.19. The number of hydrogen-bond donors (Lipinski definition) is 0. The van der Waals surface area contributed by atoms with Crippen molar-refractivity contribution in [1.82, 2.24) is 0 Å². The molecule has 0 saturated carbocycles. The second-order valence-electron chi connectivity index (χ2n) is 16.2. The van der Waals surface area contributed by atoms with Crippen molar-refractivity contribution in [2.45, 2.75) is 259 Å². The Kier molecular flexibility index (Phi) is 39.4. The van der Waals surface area contributed by atoms with Gasteiger partial charge in [0.05, 0.1) is 0 Å². The summed E-state index contributed by atoms with van der Waals surface area (Å²) in [6.07, 6.45) is 39.7. The first-order chi connectivity index (χ1) is 25.4. The smallest absolute Gasteiger partial charge is 0.306 e. The number of esters is 3. The van der Waals surface area contributed by atoms with E-state index in [0.717, 1.165) is 70.1 Å². The van der Waals surface area contributed by atoms with Crippen molar-refractivity contribution in [2.24, 2.45) is 5.92 Å². The first-order valence-electron chi connectivity index (χ1n) is 22.9. The molecule has 0 rings (SSSR count). The minimum atomic E-state index is -0.757. The van der Waals surface area contributed by atoms with Crippen molar-refractivity contribution in [2.75, 3.05) is 13.2 Å². The number of ether oxygens (including phenoxy) is 3. The van der Waals surface area contributed by atoms with E-state index in [9.17, 15) is 14.4 Å². The number of hydrogen-bond acceptors (Lipinski definition) is 6. The number of unbranched alkanes of at least 4 members (excludes halogenated alkanes) is 28. The molecule has 0 heterocycles. The van der Waals surface area contributed by atoms with E-state index in [1.807, 2.05) is 0 Å². The van der Waals surface area contributed by atoms with Gasteiger partial charge in [0.2, 0.25) is 0 Å². The molecule has 0 aliphatic rings. The highest BCUT2D eigenvalue weighted by Crippen LogP contribution is 2.16. The zero-order valence-corrected chi connectivity index (χ0v) is 35.3. The van der Waals surface area contributed by atoms with E-state index in [0.29, 0.717) is 19.3 Å². The van der Waals surface area contributed by atoms with Crippen LogP contribution < -0.4 is 0 Å². The average Bonchev–Trinajstić information content (AvgIpc) is 3.12. The Morgan fingerprint density at radius 1 is 0.365 bits per heavy atom. The first-order valence-corrected chi connectivity index (χ1v) is 22.9. The highest BCUT2D eigenvalue weighted by molar-refractivity contribution is 5.71. The maximum Gasteiger partial charge on any atom is 0.306 e. The molecule has 6 heteroatoms. The summed E-state index contributed by atoms with van der Waals surface area (Å²) in [5, 5.41) is 0. The van der Waals surface area contributed by atoms with Crippen LogP contribution in [-0.4, -0.2) is 37.2 Å². The van der Waals surface area contributed by atoms with Gasteiger partial charge in [-0.2, -0.15) is 0 Å². The topological polar surface area (TPSA) is 78.9 Å². The van der Waals surface area contributed by atoms with Crippen LogP contribution in [-0.2, 0) is 28.6 Å². The maximum atomic E-state index is 12.5. The average molecular weight is 737 g/mol. The van der Waals surface area contributed by atoms with Gasteiger partial charge < -0.3 is 14.2 Å². The van der Waals surface area contributed by atoms with Gasteiger partial charge in [-0.15, -0.1) is 0 Å². The lowest BCUT2D eigenvalue weighted by atomic mass is 10.0. The molecule has 0 aliphatic heterocycles. The van der Waals surface area contributed by atoms with Gasteiger partial charge in [0.15, 0.2) is 6.10 Å². The van der Waals surface area contributed by atoms with E-state index in [1.165, 1.54) is 141 Å². The van der Waals surface area contributed by atoms with Crippen molar-refractivity contribution in [3.63, 3.8) is 0 Å². The molecule has 0 aromatic rings. The summed E-state index contributed by atoms with van der Waals surface area (Å²) in [7, 11) is 0. The summed E-state index contributed by atoms with van der Waals surface area (Å²) in [5.41, 5.74) is 0. The van der Waals surface area contributed by atoms with E-state index in [1.54, 1.807) is 0 Å². The standard InChI is InChI=1S/C46H88O6/c1-5-7-9-11-12-13-14-15-16-20-23-26-30-33-37-44(47)50-40-43(52-46(49)39-35-28-10-8-6-2)41-51-45(48)38-34-31-27-24-21-18-17-19-22-25-29-32-36-42(3)4/h42-43H,5-41H2,1-4H3/t43-/m0/s1. The molecule has 0 aliphatic carbocycles. The largest absolute Gasteiger partial charge is 0.462 e. The van der Waals surface area contributed by atoms with Gasteiger partial charge in [-0.25, -0.2) is 0 Å². The lowest BCUT2D eigenvalue weighted by Crippen LogP contribution is -2.30. The molecule has 0 bridgehead atoms. The Balaban J connectivity index is 4.13. The Hall–Kier alpha value is -1.59. The molecule has 308 valence electrons. The van der Waals surface area contributed by atoms with Crippen molar-refractivity contribution < 1.29 is 28.6 Å². The van der Waals surface area contributed by atoms with Crippen molar-refractivity contribution in [3.05, 3.63) is 0 Å². The summed E-state index contributed by atoms with van der Waals surface area (Å²) in [4.78, 5) is 37.4. The molecular formula is C46H88O6. The van der Waals surface area contributed by atoms with E-state index < -0.39 is 6.10 Å². The fourth-order valence-electron chi connectivity index (χ4n) is 6.80. The summed E-state index contributed by atoms with van der Waals surface area (Å²) in [6.45, 7) is 8.92. The Morgan fingerprint density at radius 3 is 0.942 bits per heavy atom. The number of carbonyl (C=O) groups is 3. The van der Waals surface area contributed by atoms with Gasteiger partial charge >= 0.3 is 17.9 Å². The van der Waals surface area contributed by atoms with Crippen molar-refractivity contribution in [1.29, 1.82) is 0 Å². The van der Waals surface area contributed by atoms with Crippen LogP contribution in [0.5, 0.6) is 0 Å². The Labute approximate surface area is 323 Å². The molecule has 0 aromatic carbocycles. The Morgan fingerprint density at radius 2 is 0.635 bits per heavy atom. The zero-order valence-electron chi connectivity index (χ0n) is 35.3.